The van der Waals surface area contributed by atoms with Crippen LogP contribution in [0.25, 0.3) is 11.1 Å². The molecular weight excluding hydrogens is 518 g/mol. The number of alkyl halides is 6. The summed E-state index contributed by atoms with van der Waals surface area (Å²) in [6.45, 7) is 3.59. The highest BCUT2D eigenvalue weighted by molar-refractivity contribution is 5.76. The van der Waals surface area contributed by atoms with Gasteiger partial charge in [0.1, 0.15) is 0 Å². The minimum Gasteiger partial charge on any atom is -0.371 e. The average Bonchev–Trinajstić information content (AvgIpc) is 3.66. The van der Waals surface area contributed by atoms with Crippen LogP contribution in [0.15, 0.2) is 36.4 Å². The smallest absolute Gasteiger partial charge is 0.371 e. The Kier molecular flexibility index (Phi) is 6.48. The summed E-state index contributed by atoms with van der Waals surface area (Å²) in [7, 11) is 0. The van der Waals surface area contributed by atoms with Gasteiger partial charge in [-0.3, -0.25) is 0 Å². The lowest BCUT2D eigenvalue weighted by molar-refractivity contribution is -0.139. The summed E-state index contributed by atoms with van der Waals surface area (Å²) >= 11 is 0. The number of halogens is 6. The van der Waals surface area contributed by atoms with Crippen molar-refractivity contribution in [1.29, 1.82) is 0 Å². The summed E-state index contributed by atoms with van der Waals surface area (Å²) < 4.78 is 107. The fourth-order valence-corrected chi connectivity index (χ4v) is 4.64. The lowest BCUT2D eigenvalue weighted by atomic mass is 9.93. The highest BCUT2D eigenvalue weighted by Gasteiger charge is 2.40. The topological polar surface area (TPSA) is 56.6 Å². The second kappa shape index (κ2) is 9.58. The van der Waals surface area contributed by atoms with Gasteiger partial charge in [0.15, 0.2) is 0 Å². The SMILES string of the molecule is FC(F)(F)c1cc(N(CC2CO2)CC2CO2)ccc1-c1ccc(N(CC2CO2)CC2CO2)cc1C(F)(F)F. The van der Waals surface area contributed by atoms with Crippen LogP contribution in [0.2, 0.25) is 0 Å². The van der Waals surface area contributed by atoms with Gasteiger partial charge in [0.2, 0.25) is 0 Å². The maximum atomic E-state index is 14.3. The molecule has 6 rings (SSSR count). The van der Waals surface area contributed by atoms with E-state index in [0.717, 1.165) is 24.3 Å². The molecule has 4 unspecified atom stereocenters. The minimum atomic E-state index is -4.87. The number of hydrogen-bond acceptors (Lipinski definition) is 6. The predicted molar refractivity (Wildman–Crippen MR) is 125 cm³/mol. The molecule has 12 heteroatoms. The minimum absolute atomic E-state index is 0.0860. The van der Waals surface area contributed by atoms with Crippen molar-refractivity contribution in [3.05, 3.63) is 47.5 Å². The van der Waals surface area contributed by atoms with Crippen LogP contribution < -0.4 is 9.80 Å². The lowest BCUT2D eigenvalue weighted by Gasteiger charge is -2.27. The van der Waals surface area contributed by atoms with Crippen molar-refractivity contribution in [1.82, 2.24) is 0 Å². The quantitative estimate of drug-likeness (QED) is 0.305. The molecule has 0 radical (unpaired) electrons. The first-order valence-corrected chi connectivity index (χ1v) is 12.4. The molecule has 0 aliphatic carbocycles. The molecule has 0 spiro atoms. The monoisotopic (exact) mass is 544 g/mol. The molecule has 2 aromatic rings. The number of benzene rings is 2. The van der Waals surface area contributed by atoms with Gasteiger partial charge in [-0.15, -0.1) is 0 Å². The van der Waals surface area contributed by atoms with Gasteiger partial charge in [-0.2, -0.15) is 26.3 Å². The van der Waals surface area contributed by atoms with E-state index in [1.807, 2.05) is 0 Å². The zero-order valence-corrected chi connectivity index (χ0v) is 20.2. The van der Waals surface area contributed by atoms with E-state index in [9.17, 15) is 26.3 Å². The first-order valence-electron chi connectivity index (χ1n) is 12.4. The van der Waals surface area contributed by atoms with Crippen LogP contribution >= 0.6 is 0 Å². The van der Waals surface area contributed by atoms with Crippen molar-refractivity contribution in [3.8, 4) is 11.1 Å². The molecule has 0 saturated carbocycles. The molecule has 4 aliphatic rings. The molecule has 6 nitrogen and oxygen atoms in total. The molecule has 4 atom stereocenters. The summed E-state index contributed by atoms with van der Waals surface area (Å²) in [6.07, 6.45) is -10.1. The standard InChI is InChI=1S/C26H26F6N2O4/c27-25(28,29)23-5-15(33(7-17-11-35-17)8-18-12-36-18)1-3-21(23)22-4-2-16(6-24(22)26(30,31)32)34(9-19-13-37-19)10-20-14-38-20/h1-6,17-20H,7-14H2. The van der Waals surface area contributed by atoms with Crippen LogP contribution in [-0.2, 0) is 31.3 Å². The Hall–Kier alpha value is -2.54. The second-order valence-corrected chi connectivity index (χ2v) is 10.1. The van der Waals surface area contributed by atoms with Gasteiger partial charge >= 0.3 is 12.4 Å². The Labute approximate surface area is 215 Å². The van der Waals surface area contributed by atoms with Crippen molar-refractivity contribution in [2.45, 2.75) is 36.8 Å². The van der Waals surface area contributed by atoms with Crippen molar-refractivity contribution in [2.75, 3.05) is 62.4 Å². The Morgan fingerprint density at radius 2 is 0.842 bits per heavy atom. The van der Waals surface area contributed by atoms with Gasteiger partial charge in [0, 0.05) is 37.6 Å². The van der Waals surface area contributed by atoms with Crippen molar-refractivity contribution < 1.29 is 45.3 Å². The molecule has 0 aromatic heterocycles. The van der Waals surface area contributed by atoms with Crippen LogP contribution in [-0.4, -0.2) is 77.0 Å². The van der Waals surface area contributed by atoms with Crippen LogP contribution in [0.4, 0.5) is 37.7 Å². The van der Waals surface area contributed by atoms with Crippen LogP contribution in [0, 0.1) is 0 Å². The first kappa shape index (κ1) is 25.7. The Balaban J connectivity index is 1.38. The van der Waals surface area contributed by atoms with E-state index in [2.05, 4.69) is 0 Å². The predicted octanol–water partition coefficient (Wildman–Crippen LogP) is 4.60. The molecular formula is C26H26F6N2O4. The van der Waals surface area contributed by atoms with Gasteiger partial charge < -0.3 is 28.7 Å². The molecule has 0 bridgehead atoms. The lowest BCUT2D eigenvalue weighted by Crippen LogP contribution is -2.32. The zero-order valence-electron chi connectivity index (χ0n) is 20.2. The Morgan fingerprint density at radius 1 is 0.553 bits per heavy atom. The second-order valence-electron chi connectivity index (χ2n) is 10.1. The highest BCUT2D eigenvalue weighted by Crippen LogP contribution is 2.45. The maximum absolute atomic E-state index is 14.3. The van der Waals surface area contributed by atoms with E-state index in [4.69, 9.17) is 18.9 Å². The molecule has 206 valence electrons. The number of nitrogens with zero attached hydrogens (tertiary/aromatic N) is 2. The summed E-state index contributed by atoms with van der Waals surface area (Å²) in [6, 6.07) is 6.98. The summed E-state index contributed by atoms with van der Waals surface area (Å²) in [4.78, 5) is 3.47. The Morgan fingerprint density at radius 3 is 1.08 bits per heavy atom. The van der Waals surface area contributed by atoms with Crippen molar-refractivity contribution in [3.63, 3.8) is 0 Å². The number of anilines is 2. The molecule has 4 aliphatic heterocycles. The summed E-state index contributed by atoms with van der Waals surface area (Å²) in [5.74, 6) is 0. The van der Waals surface area contributed by atoms with Gasteiger partial charge in [0.05, 0.1) is 62.0 Å². The fourth-order valence-electron chi connectivity index (χ4n) is 4.64. The van der Waals surface area contributed by atoms with Crippen molar-refractivity contribution in [2.24, 2.45) is 0 Å². The van der Waals surface area contributed by atoms with Gasteiger partial charge in [-0.1, -0.05) is 12.1 Å². The van der Waals surface area contributed by atoms with Crippen LogP contribution in [0.1, 0.15) is 11.1 Å². The third-order valence-electron chi connectivity index (χ3n) is 6.94. The highest BCUT2D eigenvalue weighted by atomic mass is 19.4. The average molecular weight is 544 g/mol. The first-order chi connectivity index (χ1) is 18.0. The van der Waals surface area contributed by atoms with Crippen LogP contribution in [0.3, 0.4) is 0 Å². The maximum Gasteiger partial charge on any atom is 0.417 e. The van der Waals surface area contributed by atoms with Crippen molar-refractivity contribution >= 4 is 11.4 Å². The van der Waals surface area contributed by atoms with E-state index < -0.39 is 34.6 Å². The third kappa shape index (κ3) is 6.19. The number of epoxide rings is 4. The largest absolute Gasteiger partial charge is 0.417 e. The van der Waals surface area contributed by atoms with E-state index >= 15 is 0 Å². The van der Waals surface area contributed by atoms with E-state index in [1.165, 1.54) is 12.1 Å². The molecule has 4 saturated heterocycles. The van der Waals surface area contributed by atoms with E-state index in [-0.39, 0.29) is 35.8 Å². The molecule has 38 heavy (non-hydrogen) atoms. The molecule has 2 aromatic carbocycles. The summed E-state index contributed by atoms with van der Waals surface area (Å²) in [5.41, 5.74) is -2.77. The zero-order chi connectivity index (χ0) is 26.7. The van der Waals surface area contributed by atoms with Gasteiger partial charge in [-0.05, 0) is 35.4 Å². The molecule has 0 N–H and O–H groups in total. The van der Waals surface area contributed by atoms with Crippen LogP contribution in [0.5, 0.6) is 0 Å². The number of rotatable bonds is 11. The number of ether oxygens (including phenoxy) is 4. The number of hydrogen-bond donors (Lipinski definition) is 0. The molecule has 4 fully saturated rings. The summed E-state index contributed by atoms with van der Waals surface area (Å²) in [5, 5.41) is 0. The van der Waals surface area contributed by atoms with E-state index in [1.54, 1.807) is 9.80 Å². The van der Waals surface area contributed by atoms with Gasteiger partial charge in [-0.25, -0.2) is 0 Å². The van der Waals surface area contributed by atoms with Gasteiger partial charge in [0.25, 0.3) is 0 Å². The third-order valence-corrected chi connectivity index (χ3v) is 6.94. The fraction of sp³-hybridized carbons (Fsp3) is 0.538. The Bertz CT molecular complexity index is 1050. The molecule has 4 heterocycles. The van der Waals surface area contributed by atoms with E-state index in [0.29, 0.717) is 52.6 Å². The normalized spacial score (nSPS) is 25.7. The molecule has 0 amide bonds.